The van der Waals surface area contributed by atoms with Gasteiger partial charge in [-0.25, -0.2) is 18.4 Å². The number of carbonyl (C=O) groups excluding carboxylic acids is 1. The minimum absolute atomic E-state index is 0.233. The quantitative estimate of drug-likeness (QED) is 0.784. The summed E-state index contributed by atoms with van der Waals surface area (Å²) in [5.74, 6) is -0.629. The maximum absolute atomic E-state index is 13.2. The lowest BCUT2D eigenvalue weighted by Gasteiger charge is -2.02. The number of benzene rings is 1. The van der Waals surface area contributed by atoms with Crippen LogP contribution in [0.1, 0.15) is 12.7 Å². The molecule has 2 aromatic rings. The molecule has 0 unspecified atom stereocenters. The van der Waals surface area contributed by atoms with Gasteiger partial charge in [-0.2, -0.15) is 5.10 Å². The smallest absolute Gasteiger partial charge is 0.351 e. The fourth-order valence-electron chi connectivity index (χ4n) is 1.86. The third-order valence-electron chi connectivity index (χ3n) is 2.65. The van der Waals surface area contributed by atoms with Gasteiger partial charge in [0.25, 0.3) is 0 Å². The van der Waals surface area contributed by atoms with Gasteiger partial charge in [0.05, 0.1) is 12.3 Å². The lowest BCUT2D eigenvalue weighted by Crippen LogP contribution is -2.28. The number of halogens is 1. The molecule has 1 aromatic heterocycles. The summed E-state index contributed by atoms with van der Waals surface area (Å²) >= 11 is 0. The Hall–Kier alpha value is -2.44. The summed E-state index contributed by atoms with van der Waals surface area (Å²) in [6.45, 7) is 3.25. The average Bonchev–Trinajstić information content (AvgIpc) is 2.64. The SMILES string of the molecule is CCOC(=O)Cn1nc(C)n(-c2cccc(F)c2)c1=O. The van der Waals surface area contributed by atoms with E-state index in [2.05, 4.69) is 5.10 Å². The normalized spacial score (nSPS) is 10.6. The van der Waals surface area contributed by atoms with Gasteiger partial charge in [0.15, 0.2) is 0 Å². The molecule has 106 valence electrons. The Morgan fingerprint density at radius 3 is 2.85 bits per heavy atom. The van der Waals surface area contributed by atoms with E-state index in [1.807, 2.05) is 0 Å². The van der Waals surface area contributed by atoms with Crippen molar-refractivity contribution in [2.75, 3.05) is 6.61 Å². The van der Waals surface area contributed by atoms with Crippen LogP contribution in [0.2, 0.25) is 0 Å². The van der Waals surface area contributed by atoms with E-state index >= 15 is 0 Å². The summed E-state index contributed by atoms with van der Waals surface area (Å²) in [6, 6.07) is 5.60. The lowest BCUT2D eigenvalue weighted by molar-refractivity contribution is -0.144. The number of hydrogen-bond acceptors (Lipinski definition) is 4. The first-order valence-electron chi connectivity index (χ1n) is 6.11. The molecule has 0 saturated carbocycles. The molecule has 0 fully saturated rings. The van der Waals surface area contributed by atoms with Crippen LogP contribution in [0.5, 0.6) is 0 Å². The van der Waals surface area contributed by atoms with E-state index in [4.69, 9.17) is 4.74 Å². The first-order valence-corrected chi connectivity index (χ1v) is 6.11. The molecule has 0 aliphatic heterocycles. The molecule has 1 heterocycles. The van der Waals surface area contributed by atoms with Crippen molar-refractivity contribution in [1.82, 2.24) is 14.3 Å². The zero-order chi connectivity index (χ0) is 14.7. The second kappa shape index (κ2) is 5.68. The van der Waals surface area contributed by atoms with Crippen molar-refractivity contribution in [2.24, 2.45) is 0 Å². The van der Waals surface area contributed by atoms with Gasteiger partial charge in [-0.05, 0) is 32.0 Å². The molecule has 0 bridgehead atoms. The van der Waals surface area contributed by atoms with Crippen LogP contribution in [-0.4, -0.2) is 26.9 Å². The van der Waals surface area contributed by atoms with E-state index in [0.29, 0.717) is 11.5 Å². The molecule has 20 heavy (non-hydrogen) atoms. The van der Waals surface area contributed by atoms with Gasteiger partial charge in [0.1, 0.15) is 18.2 Å². The fourth-order valence-corrected chi connectivity index (χ4v) is 1.86. The van der Waals surface area contributed by atoms with Crippen LogP contribution in [0.25, 0.3) is 5.69 Å². The maximum atomic E-state index is 13.2. The number of esters is 1. The summed E-state index contributed by atoms with van der Waals surface area (Å²) in [6.07, 6.45) is 0. The monoisotopic (exact) mass is 279 g/mol. The molecular formula is C13H14FN3O3. The Balaban J connectivity index is 2.39. The largest absolute Gasteiger partial charge is 0.465 e. The Morgan fingerprint density at radius 1 is 1.45 bits per heavy atom. The molecule has 7 heteroatoms. The molecular weight excluding hydrogens is 265 g/mol. The summed E-state index contributed by atoms with van der Waals surface area (Å²) in [5, 5.41) is 3.98. The highest BCUT2D eigenvalue weighted by molar-refractivity contribution is 5.68. The Bertz CT molecular complexity index is 690. The van der Waals surface area contributed by atoms with Crippen molar-refractivity contribution >= 4 is 5.97 Å². The van der Waals surface area contributed by atoms with Crippen molar-refractivity contribution in [3.05, 3.63) is 46.4 Å². The third-order valence-corrected chi connectivity index (χ3v) is 2.65. The zero-order valence-electron chi connectivity index (χ0n) is 11.2. The molecule has 0 aliphatic carbocycles. The second-order valence-electron chi connectivity index (χ2n) is 4.11. The number of rotatable bonds is 4. The van der Waals surface area contributed by atoms with Crippen molar-refractivity contribution in [1.29, 1.82) is 0 Å². The van der Waals surface area contributed by atoms with Crippen molar-refractivity contribution in [2.45, 2.75) is 20.4 Å². The van der Waals surface area contributed by atoms with Crippen LogP contribution in [0.15, 0.2) is 29.1 Å². The topological polar surface area (TPSA) is 66.1 Å². The molecule has 1 aromatic carbocycles. The second-order valence-corrected chi connectivity index (χ2v) is 4.11. The Kier molecular flexibility index (Phi) is 3.97. The predicted octanol–water partition coefficient (Wildman–Crippen LogP) is 1.04. The van der Waals surface area contributed by atoms with Crippen LogP contribution in [0.3, 0.4) is 0 Å². The Labute approximate surface area is 114 Å². The third kappa shape index (κ3) is 2.76. The van der Waals surface area contributed by atoms with Crippen molar-refractivity contribution < 1.29 is 13.9 Å². The van der Waals surface area contributed by atoms with Crippen molar-refractivity contribution in [3.63, 3.8) is 0 Å². The molecule has 0 aliphatic rings. The lowest BCUT2D eigenvalue weighted by atomic mass is 10.3. The highest BCUT2D eigenvalue weighted by Gasteiger charge is 2.14. The molecule has 0 N–H and O–H groups in total. The van der Waals surface area contributed by atoms with Crippen LogP contribution >= 0.6 is 0 Å². The number of carbonyl (C=O) groups is 1. The molecule has 0 atom stereocenters. The molecule has 0 radical (unpaired) electrons. The number of aromatic nitrogens is 3. The van der Waals surface area contributed by atoms with Crippen LogP contribution in [0, 0.1) is 12.7 Å². The first kappa shape index (κ1) is 14.0. The number of ether oxygens (including phenoxy) is 1. The summed E-state index contributed by atoms with van der Waals surface area (Å²) in [4.78, 5) is 23.6. The number of nitrogens with zero attached hydrogens (tertiary/aromatic N) is 3. The van der Waals surface area contributed by atoms with Crippen LogP contribution in [0.4, 0.5) is 4.39 Å². The maximum Gasteiger partial charge on any atom is 0.351 e. The van der Waals surface area contributed by atoms with E-state index < -0.39 is 17.5 Å². The van der Waals surface area contributed by atoms with Gasteiger partial charge in [-0.1, -0.05) is 6.07 Å². The average molecular weight is 279 g/mol. The minimum Gasteiger partial charge on any atom is -0.465 e. The van der Waals surface area contributed by atoms with E-state index in [-0.39, 0.29) is 13.2 Å². The first-order chi connectivity index (χ1) is 9.52. The highest BCUT2D eigenvalue weighted by atomic mass is 19.1. The van der Waals surface area contributed by atoms with E-state index in [9.17, 15) is 14.0 Å². The van der Waals surface area contributed by atoms with E-state index in [0.717, 1.165) is 4.68 Å². The van der Waals surface area contributed by atoms with Gasteiger partial charge >= 0.3 is 11.7 Å². The minimum atomic E-state index is -0.543. The van der Waals surface area contributed by atoms with Gasteiger partial charge < -0.3 is 4.74 Å². The summed E-state index contributed by atoms with van der Waals surface area (Å²) in [5.41, 5.74) is -0.149. The summed E-state index contributed by atoms with van der Waals surface area (Å²) < 4.78 is 20.2. The van der Waals surface area contributed by atoms with Gasteiger partial charge in [-0.15, -0.1) is 0 Å². The molecule has 0 saturated heterocycles. The van der Waals surface area contributed by atoms with Gasteiger partial charge in [0, 0.05) is 0 Å². The van der Waals surface area contributed by atoms with E-state index in [1.54, 1.807) is 19.9 Å². The molecule has 6 nitrogen and oxygen atoms in total. The molecule has 2 rings (SSSR count). The van der Waals surface area contributed by atoms with Crippen LogP contribution in [-0.2, 0) is 16.1 Å². The van der Waals surface area contributed by atoms with Crippen LogP contribution < -0.4 is 5.69 Å². The Morgan fingerprint density at radius 2 is 2.20 bits per heavy atom. The molecule has 0 spiro atoms. The summed E-state index contributed by atoms with van der Waals surface area (Å²) in [7, 11) is 0. The van der Waals surface area contributed by atoms with E-state index in [1.165, 1.54) is 22.8 Å². The molecule has 0 amide bonds. The van der Waals surface area contributed by atoms with Crippen molar-refractivity contribution in [3.8, 4) is 5.69 Å². The highest BCUT2D eigenvalue weighted by Crippen LogP contribution is 2.09. The number of aryl methyl sites for hydroxylation is 1. The standard InChI is InChI=1S/C13H14FN3O3/c1-3-20-12(18)8-16-13(19)17(9(2)15-16)11-6-4-5-10(14)7-11/h4-7H,3,8H2,1-2H3. The van der Waals surface area contributed by atoms with Gasteiger partial charge in [0.2, 0.25) is 0 Å². The fraction of sp³-hybridized carbons (Fsp3) is 0.308. The van der Waals surface area contributed by atoms with Gasteiger partial charge in [-0.3, -0.25) is 4.79 Å². The number of hydrogen-bond donors (Lipinski definition) is 0. The zero-order valence-corrected chi connectivity index (χ0v) is 11.2. The predicted molar refractivity (Wildman–Crippen MR) is 69.2 cm³/mol.